The van der Waals surface area contributed by atoms with Gasteiger partial charge in [-0.25, -0.2) is 4.68 Å². The zero-order valence-electron chi connectivity index (χ0n) is 11.6. The van der Waals surface area contributed by atoms with Crippen molar-refractivity contribution in [2.45, 2.75) is 26.3 Å². The third-order valence-corrected chi connectivity index (χ3v) is 2.78. The number of nitrogens with zero attached hydrogens (tertiary/aromatic N) is 3. The van der Waals surface area contributed by atoms with Gasteiger partial charge in [0.15, 0.2) is 0 Å². The Kier molecular flexibility index (Phi) is 6.85. The Morgan fingerprint density at radius 1 is 1.28 bits per heavy atom. The first kappa shape index (κ1) is 15.1. The summed E-state index contributed by atoms with van der Waals surface area (Å²) in [5.41, 5.74) is 7.70. The Balaban J connectivity index is 2.75. The molecule has 104 valence electrons. The van der Waals surface area contributed by atoms with Crippen molar-refractivity contribution in [2.24, 2.45) is 11.7 Å². The van der Waals surface area contributed by atoms with Crippen molar-refractivity contribution in [2.75, 3.05) is 34.0 Å². The van der Waals surface area contributed by atoms with E-state index in [1.54, 1.807) is 14.2 Å². The van der Waals surface area contributed by atoms with Gasteiger partial charge in [0.1, 0.15) is 0 Å². The molecule has 1 heterocycles. The molecule has 1 aromatic rings. The highest BCUT2D eigenvalue weighted by Gasteiger charge is 2.14. The monoisotopic (exact) mass is 256 g/mol. The van der Waals surface area contributed by atoms with Gasteiger partial charge in [-0.15, -0.1) is 5.10 Å². The average molecular weight is 256 g/mol. The van der Waals surface area contributed by atoms with E-state index < -0.39 is 0 Å². The average Bonchev–Trinajstić information content (AvgIpc) is 2.70. The van der Waals surface area contributed by atoms with Gasteiger partial charge in [-0.1, -0.05) is 12.1 Å². The van der Waals surface area contributed by atoms with Crippen LogP contribution in [0, 0.1) is 5.92 Å². The van der Waals surface area contributed by atoms with Gasteiger partial charge >= 0.3 is 0 Å². The minimum Gasteiger partial charge on any atom is -0.384 e. The van der Waals surface area contributed by atoms with Crippen LogP contribution in [0.5, 0.6) is 0 Å². The number of rotatable bonds is 9. The van der Waals surface area contributed by atoms with Crippen LogP contribution in [0.2, 0.25) is 0 Å². The second-order valence-electron chi connectivity index (χ2n) is 4.51. The van der Waals surface area contributed by atoms with Crippen molar-refractivity contribution in [3.63, 3.8) is 0 Å². The molecule has 1 unspecified atom stereocenters. The molecule has 0 saturated carbocycles. The molecule has 1 atom stereocenters. The molecule has 0 spiro atoms. The molecule has 1 rings (SSSR count). The van der Waals surface area contributed by atoms with Gasteiger partial charge in [-0.3, -0.25) is 0 Å². The van der Waals surface area contributed by atoms with Crippen molar-refractivity contribution in [3.8, 4) is 0 Å². The van der Waals surface area contributed by atoms with E-state index in [9.17, 15) is 0 Å². The first-order valence-corrected chi connectivity index (χ1v) is 6.32. The molecular weight excluding hydrogens is 232 g/mol. The molecule has 2 N–H and O–H groups in total. The first-order valence-electron chi connectivity index (χ1n) is 6.32. The molecule has 0 aliphatic heterocycles. The normalized spacial score (nSPS) is 12.9. The smallest absolute Gasteiger partial charge is 0.0872 e. The summed E-state index contributed by atoms with van der Waals surface area (Å²) >= 11 is 0. The SMILES string of the molecule is COCCc1c(CCN)nnn1CC(C)COC. The van der Waals surface area contributed by atoms with E-state index in [1.807, 2.05) is 4.68 Å². The molecule has 0 aromatic carbocycles. The summed E-state index contributed by atoms with van der Waals surface area (Å²) in [5.74, 6) is 0.406. The van der Waals surface area contributed by atoms with Crippen LogP contribution in [0.15, 0.2) is 0 Å². The summed E-state index contributed by atoms with van der Waals surface area (Å²) in [6, 6.07) is 0. The Bertz CT molecular complexity index is 341. The van der Waals surface area contributed by atoms with Crippen molar-refractivity contribution < 1.29 is 9.47 Å². The highest BCUT2D eigenvalue weighted by molar-refractivity contribution is 5.11. The third kappa shape index (κ3) is 4.36. The molecule has 0 fully saturated rings. The fourth-order valence-electron chi connectivity index (χ4n) is 1.95. The molecule has 6 heteroatoms. The van der Waals surface area contributed by atoms with Gasteiger partial charge in [-0.05, 0) is 12.5 Å². The highest BCUT2D eigenvalue weighted by atomic mass is 16.5. The number of ether oxygens (including phenoxy) is 2. The Morgan fingerprint density at radius 3 is 2.67 bits per heavy atom. The van der Waals surface area contributed by atoms with Crippen LogP contribution in [0.1, 0.15) is 18.3 Å². The summed E-state index contributed by atoms with van der Waals surface area (Å²) in [4.78, 5) is 0. The summed E-state index contributed by atoms with van der Waals surface area (Å²) in [6.07, 6.45) is 1.58. The van der Waals surface area contributed by atoms with Crippen molar-refractivity contribution in [1.29, 1.82) is 0 Å². The number of nitrogens with two attached hydrogens (primary N) is 1. The van der Waals surface area contributed by atoms with Gasteiger partial charge < -0.3 is 15.2 Å². The Hall–Kier alpha value is -0.980. The summed E-state index contributed by atoms with van der Waals surface area (Å²) in [5, 5.41) is 8.42. The predicted molar refractivity (Wildman–Crippen MR) is 69.4 cm³/mol. The van der Waals surface area contributed by atoms with Crippen LogP contribution in [0.4, 0.5) is 0 Å². The number of hydrogen-bond acceptors (Lipinski definition) is 5. The lowest BCUT2D eigenvalue weighted by atomic mass is 10.1. The largest absolute Gasteiger partial charge is 0.384 e. The fraction of sp³-hybridized carbons (Fsp3) is 0.833. The van der Waals surface area contributed by atoms with Gasteiger partial charge in [0.25, 0.3) is 0 Å². The van der Waals surface area contributed by atoms with Gasteiger partial charge in [0.2, 0.25) is 0 Å². The maximum Gasteiger partial charge on any atom is 0.0872 e. The van der Waals surface area contributed by atoms with Crippen molar-refractivity contribution >= 4 is 0 Å². The van der Waals surface area contributed by atoms with Crippen LogP contribution in [0.25, 0.3) is 0 Å². The van der Waals surface area contributed by atoms with Crippen molar-refractivity contribution in [1.82, 2.24) is 15.0 Å². The molecule has 0 bridgehead atoms. The molecule has 0 amide bonds. The molecule has 0 radical (unpaired) electrons. The van der Waals surface area contributed by atoms with Crippen LogP contribution >= 0.6 is 0 Å². The molecular formula is C12H24N4O2. The summed E-state index contributed by atoms with van der Waals surface area (Å²) in [6.45, 7) is 4.92. The summed E-state index contributed by atoms with van der Waals surface area (Å²) < 4.78 is 12.2. The van der Waals surface area contributed by atoms with E-state index in [-0.39, 0.29) is 0 Å². The second kappa shape index (κ2) is 8.18. The Morgan fingerprint density at radius 2 is 2.06 bits per heavy atom. The lowest BCUT2D eigenvalue weighted by Crippen LogP contribution is -2.17. The quantitative estimate of drug-likeness (QED) is 0.685. The highest BCUT2D eigenvalue weighted by Crippen LogP contribution is 2.10. The molecule has 0 aliphatic rings. The number of methoxy groups -OCH3 is 2. The third-order valence-electron chi connectivity index (χ3n) is 2.78. The fourth-order valence-corrected chi connectivity index (χ4v) is 1.95. The lowest BCUT2D eigenvalue weighted by molar-refractivity contribution is 0.147. The molecule has 18 heavy (non-hydrogen) atoms. The number of hydrogen-bond donors (Lipinski definition) is 1. The lowest BCUT2D eigenvalue weighted by Gasteiger charge is -2.12. The summed E-state index contributed by atoms with van der Waals surface area (Å²) in [7, 11) is 3.41. The zero-order chi connectivity index (χ0) is 13.4. The second-order valence-corrected chi connectivity index (χ2v) is 4.51. The minimum atomic E-state index is 0.406. The maximum absolute atomic E-state index is 5.59. The van der Waals surface area contributed by atoms with Gasteiger partial charge in [0.05, 0.1) is 24.6 Å². The van der Waals surface area contributed by atoms with E-state index in [4.69, 9.17) is 15.2 Å². The zero-order valence-corrected chi connectivity index (χ0v) is 11.6. The Labute approximate surface area is 108 Å². The van der Waals surface area contributed by atoms with E-state index in [2.05, 4.69) is 17.2 Å². The van der Waals surface area contributed by atoms with Crippen LogP contribution in [0.3, 0.4) is 0 Å². The first-order chi connectivity index (χ1) is 8.72. The molecule has 0 aliphatic carbocycles. The van der Waals surface area contributed by atoms with Crippen LogP contribution in [-0.4, -0.2) is 49.0 Å². The topological polar surface area (TPSA) is 75.2 Å². The van der Waals surface area contributed by atoms with Gasteiger partial charge in [0, 0.05) is 33.6 Å². The van der Waals surface area contributed by atoms with Gasteiger partial charge in [-0.2, -0.15) is 0 Å². The van der Waals surface area contributed by atoms with E-state index in [0.717, 1.165) is 37.4 Å². The maximum atomic E-state index is 5.59. The van der Waals surface area contributed by atoms with Crippen LogP contribution in [-0.2, 0) is 28.9 Å². The minimum absolute atomic E-state index is 0.406. The van der Waals surface area contributed by atoms with E-state index >= 15 is 0 Å². The molecule has 6 nitrogen and oxygen atoms in total. The van der Waals surface area contributed by atoms with E-state index in [0.29, 0.717) is 19.1 Å². The standard InChI is InChI=1S/C12H24N4O2/c1-10(9-18-3)8-16-12(5-7-17-2)11(4-6-13)14-15-16/h10H,4-9,13H2,1-3H3. The van der Waals surface area contributed by atoms with Crippen molar-refractivity contribution in [3.05, 3.63) is 11.4 Å². The molecule has 1 aromatic heterocycles. The van der Waals surface area contributed by atoms with E-state index in [1.165, 1.54) is 0 Å². The number of aromatic nitrogens is 3. The van der Waals surface area contributed by atoms with Crippen LogP contribution < -0.4 is 5.73 Å². The predicted octanol–water partition coefficient (Wildman–Crippen LogP) is 0.251. The molecule has 0 saturated heterocycles.